The zero-order valence-electron chi connectivity index (χ0n) is 17.7. The summed E-state index contributed by atoms with van der Waals surface area (Å²) in [5.74, 6) is -2.88. The summed E-state index contributed by atoms with van der Waals surface area (Å²) in [6.45, 7) is -0.594. The maximum atomic E-state index is 12.6. The first kappa shape index (κ1) is 24.1. The van der Waals surface area contributed by atoms with Crippen molar-refractivity contribution in [1.82, 2.24) is 16.0 Å². The van der Waals surface area contributed by atoms with Crippen LogP contribution in [0.5, 0.6) is 11.5 Å². The molecule has 5 N–H and O–H groups in total. The predicted octanol–water partition coefficient (Wildman–Crippen LogP) is 1.08. The zero-order chi connectivity index (χ0) is 23.5. The number of hydrogen-bond donors (Lipinski definition) is 5. The second-order valence-corrected chi connectivity index (χ2v) is 6.50. The molecule has 2 amide bonds. The lowest BCUT2D eigenvalue weighted by Crippen LogP contribution is -2.39. The number of amides is 2. The maximum absolute atomic E-state index is 12.6. The molecule has 0 fully saturated rings. The molecule has 10 nitrogen and oxygen atoms in total. The summed E-state index contributed by atoms with van der Waals surface area (Å²) < 4.78 is 10.4. The molecule has 10 heteroatoms. The second-order valence-electron chi connectivity index (χ2n) is 6.50. The fraction of sp³-hybridized carbons (Fsp3) is 0.227. The van der Waals surface area contributed by atoms with E-state index >= 15 is 0 Å². The second kappa shape index (κ2) is 11.8. The van der Waals surface area contributed by atoms with Crippen LogP contribution in [0.2, 0.25) is 0 Å². The van der Waals surface area contributed by atoms with E-state index in [1.165, 1.54) is 14.2 Å². The molecule has 0 aliphatic carbocycles. The zero-order valence-corrected chi connectivity index (χ0v) is 17.7. The molecule has 2 aromatic rings. The van der Waals surface area contributed by atoms with Crippen LogP contribution in [-0.4, -0.2) is 48.8 Å². The number of benzene rings is 2. The minimum Gasteiger partial charge on any atom is -0.497 e. The Bertz CT molecular complexity index is 990. The van der Waals surface area contributed by atoms with Crippen molar-refractivity contribution in [3.05, 3.63) is 71.1 Å². The molecule has 0 saturated heterocycles. The Hall–Kier alpha value is -4.21. The van der Waals surface area contributed by atoms with Crippen molar-refractivity contribution in [2.24, 2.45) is 0 Å². The van der Waals surface area contributed by atoms with E-state index in [9.17, 15) is 19.5 Å². The Morgan fingerprint density at radius 3 is 2.16 bits per heavy atom. The number of rotatable bonds is 11. The van der Waals surface area contributed by atoms with Gasteiger partial charge in [-0.25, -0.2) is 0 Å². The minimum atomic E-state index is -1.29. The Labute approximate surface area is 184 Å². The number of carboxylic acids is 1. The van der Waals surface area contributed by atoms with Crippen LogP contribution in [0, 0.1) is 0 Å². The number of hydrogen-bond acceptors (Lipinski definition) is 7. The lowest BCUT2D eigenvalue weighted by Gasteiger charge is -2.14. The van der Waals surface area contributed by atoms with Crippen molar-refractivity contribution in [3.63, 3.8) is 0 Å². The van der Waals surface area contributed by atoms with Gasteiger partial charge < -0.3 is 35.6 Å². The van der Waals surface area contributed by atoms with Gasteiger partial charge in [-0.05, 0) is 17.7 Å². The lowest BCUT2D eigenvalue weighted by atomic mass is 10.1. The number of aliphatic hydroxyl groups is 1. The van der Waals surface area contributed by atoms with E-state index in [0.29, 0.717) is 17.1 Å². The minimum absolute atomic E-state index is 0.0146. The number of ether oxygens (including phenoxy) is 2. The molecule has 0 aliphatic rings. The monoisotopic (exact) mass is 443 g/mol. The van der Waals surface area contributed by atoms with Crippen LogP contribution in [-0.2, 0) is 27.5 Å². The Balaban J connectivity index is 2.20. The van der Waals surface area contributed by atoms with Crippen LogP contribution in [0.25, 0.3) is 0 Å². The van der Waals surface area contributed by atoms with Crippen molar-refractivity contribution in [1.29, 1.82) is 0 Å². The van der Waals surface area contributed by atoms with Gasteiger partial charge in [0.05, 0.1) is 14.2 Å². The molecular formula is C22H25N3O7. The average molecular weight is 443 g/mol. The summed E-state index contributed by atoms with van der Waals surface area (Å²) in [4.78, 5) is 35.8. The molecule has 170 valence electrons. The highest BCUT2D eigenvalue weighted by Gasteiger charge is 2.24. The van der Waals surface area contributed by atoms with Crippen LogP contribution < -0.4 is 25.4 Å². The number of carbonyl (C=O) groups is 3. The topological polar surface area (TPSA) is 146 Å². The number of carbonyl (C=O) groups excluding carboxylic acids is 2. The van der Waals surface area contributed by atoms with E-state index in [-0.39, 0.29) is 13.1 Å². The largest absolute Gasteiger partial charge is 0.497 e. The lowest BCUT2D eigenvalue weighted by molar-refractivity contribution is -0.138. The molecule has 0 bridgehead atoms. The van der Waals surface area contributed by atoms with Crippen LogP contribution in [0.4, 0.5) is 0 Å². The number of carboxylic acid groups (broad SMARTS) is 1. The van der Waals surface area contributed by atoms with Crippen molar-refractivity contribution in [2.75, 3.05) is 20.8 Å². The highest BCUT2D eigenvalue weighted by atomic mass is 16.5. The first-order valence-corrected chi connectivity index (χ1v) is 9.55. The van der Waals surface area contributed by atoms with E-state index in [1.54, 1.807) is 42.5 Å². The third kappa shape index (κ3) is 6.94. The Kier molecular flexibility index (Phi) is 8.91. The van der Waals surface area contributed by atoms with Crippen molar-refractivity contribution >= 4 is 17.8 Å². The molecule has 0 radical (unpaired) electrons. The van der Waals surface area contributed by atoms with E-state index in [2.05, 4.69) is 16.0 Å². The van der Waals surface area contributed by atoms with Gasteiger partial charge in [0.2, 0.25) is 5.88 Å². The average Bonchev–Trinajstić information content (AvgIpc) is 2.80. The van der Waals surface area contributed by atoms with Gasteiger partial charge in [-0.2, -0.15) is 0 Å². The maximum Gasteiger partial charge on any atom is 0.322 e. The Morgan fingerprint density at radius 2 is 1.53 bits per heavy atom. The number of methoxy groups -OCH3 is 2. The molecule has 2 aromatic carbocycles. The number of aliphatic carboxylic acids is 1. The third-order valence-corrected chi connectivity index (χ3v) is 4.33. The summed E-state index contributed by atoms with van der Waals surface area (Å²) in [5.41, 5.74) is 0.756. The quantitative estimate of drug-likeness (QED) is 0.150. The summed E-state index contributed by atoms with van der Waals surface area (Å²) in [7, 11) is 2.98. The van der Waals surface area contributed by atoms with E-state index in [0.717, 1.165) is 5.56 Å². The Morgan fingerprint density at radius 1 is 0.844 bits per heavy atom. The van der Waals surface area contributed by atoms with Crippen molar-refractivity contribution < 1.29 is 34.1 Å². The number of nitrogens with one attached hydrogen (secondary N) is 3. The van der Waals surface area contributed by atoms with E-state index < -0.39 is 35.8 Å². The van der Waals surface area contributed by atoms with Gasteiger partial charge in [-0.1, -0.05) is 30.3 Å². The van der Waals surface area contributed by atoms with Gasteiger partial charge >= 0.3 is 5.97 Å². The summed E-state index contributed by atoms with van der Waals surface area (Å²) in [6.07, 6.45) is 0. The van der Waals surface area contributed by atoms with Gasteiger partial charge in [-0.3, -0.25) is 14.4 Å². The molecule has 0 heterocycles. The van der Waals surface area contributed by atoms with Crippen LogP contribution in [0.1, 0.15) is 11.1 Å². The van der Waals surface area contributed by atoms with E-state index in [1.807, 2.05) is 6.07 Å². The fourth-order valence-corrected chi connectivity index (χ4v) is 2.69. The predicted molar refractivity (Wildman–Crippen MR) is 115 cm³/mol. The van der Waals surface area contributed by atoms with Crippen LogP contribution >= 0.6 is 0 Å². The van der Waals surface area contributed by atoms with Gasteiger partial charge in [0.15, 0.2) is 5.57 Å². The molecule has 2 rings (SSSR count). The van der Waals surface area contributed by atoms with Crippen molar-refractivity contribution in [3.8, 4) is 11.5 Å². The van der Waals surface area contributed by atoms with Crippen molar-refractivity contribution in [2.45, 2.75) is 13.1 Å². The third-order valence-electron chi connectivity index (χ3n) is 4.33. The van der Waals surface area contributed by atoms with E-state index in [4.69, 9.17) is 14.6 Å². The summed E-state index contributed by atoms with van der Waals surface area (Å²) in [5, 5.41) is 26.5. The smallest absolute Gasteiger partial charge is 0.322 e. The SMILES string of the molecule is COc1ccc(CN/C(O)=C(/C(=O)NCC(=O)O)C(=O)NCc2ccccc2)c(OC)c1. The first-order valence-electron chi connectivity index (χ1n) is 9.55. The first-order chi connectivity index (χ1) is 15.3. The molecule has 0 saturated carbocycles. The van der Waals surface area contributed by atoms with Crippen LogP contribution in [0.3, 0.4) is 0 Å². The van der Waals surface area contributed by atoms with Gasteiger partial charge in [0.1, 0.15) is 18.0 Å². The highest BCUT2D eigenvalue weighted by Crippen LogP contribution is 2.24. The molecule has 0 spiro atoms. The molecule has 0 unspecified atom stereocenters. The highest BCUT2D eigenvalue weighted by molar-refractivity contribution is 6.19. The standard InChI is InChI=1S/C22H25N3O7/c1-31-16-9-8-15(17(10-16)32-2)12-24-21(29)19(22(30)25-13-18(26)27)20(28)23-11-14-6-4-3-5-7-14/h3-10,24,29H,11-13H2,1-2H3,(H,23,28)(H,25,30)(H,26,27)/b21-19-. The van der Waals surface area contributed by atoms with Gasteiger partial charge in [0, 0.05) is 24.7 Å². The summed E-state index contributed by atoms with van der Waals surface area (Å²) in [6, 6.07) is 14.0. The molecular weight excluding hydrogens is 418 g/mol. The molecule has 0 aliphatic heterocycles. The normalized spacial score (nSPS) is 11.1. The van der Waals surface area contributed by atoms with Crippen LogP contribution in [0.15, 0.2) is 60.0 Å². The number of aliphatic hydroxyl groups excluding tert-OH is 1. The fourth-order valence-electron chi connectivity index (χ4n) is 2.69. The van der Waals surface area contributed by atoms with Gasteiger partial charge in [0.25, 0.3) is 11.8 Å². The molecule has 0 atom stereocenters. The molecule has 0 aromatic heterocycles. The molecule has 32 heavy (non-hydrogen) atoms. The summed E-state index contributed by atoms with van der Waals surface area (Å²) >= 11 is 0. The van der Waals surface area contributed by atoms with Gasteiger partial charge in [-0.15, -0.1) is 0 Å².